The van der Waals surface area contributed by atoms with Crippen molar-refractivity contribution in [2.75, 3.05) is 0 Å². The van der Waals surface area contributed by atoms with E-state index in [1.807, 2.05) is 35.6 Å². The monoisotopic (exact) mass is 276 g/mol. The van der Waals surface area contributed by atoms with Gasteiger partial charge in [-0.2, -0.15) is 0 Å². The molecule has 2 aromatic rings. The predicted molar refractivity (Wildman–Crippen MR) is 53.6 cm³/mol. The second-order valence-electron chi connectivity index (χ2n) is 2.65. The van der Waals surface area contributed by atoms with Gasteiger partial charge in [0, 0.05) is 5.39 Å². The van der Waals surface area contributed by atoms with Crippen LogP contribution in [0, 0.1) is 16.3 Å². The molecule has 0 bridgehead atoms. The zero-order chi connectivity index (χ0) is 8.72. The first-order chi connectivity index (χ1) is 5.70. The van der Waals surface area contributed by atoms with Crippen LogP contribution in [0.3, 0.4) is 0 Å². The average Bonchev–Trinajstić information content (AvgIpc) is 2.48. The highest BCUT2D eigenvalue weighted by Crippen LogP contribution is 2.27. The highest BCUT2D eigenvalue weighted by molar-refractivity contribution is 14.1. The molecule has 0 saturated carbocycles. The quantitative estimate of drug-likeness (QED) is 0.671. The lowest BCUT2D eigenvalue weighted by Crippen LogP contribution is -1.84. The van der Waals surface area contributed by atoms with Crippen LogP contribution >= 0.6 is 22.6 Å². The van der Waals surface area contributed by atoms with Crippen molar-refractivity contribution in [3.05, 3.63) is 33.3 Å². The fraction of sp³-hybridized carbons (Fsp3) is 0.111. The van der Waals surface area contributed by atoms with Gasteiger partial charge in [-0.05, 0) is 47.2 Å². The fourth-order valence-corrected chi connectivity index (χ4v) is 1.80. The van der Waals surface area contributed by atoms with Gasteiger partial charge in [0.25, 0.3) is 0 Å². The highest BCUT2D eigenvalue weighted by atomic mass is 127. The van der Waals surface area contributed by atoms with Crippen molar-refractivity contribution in [2.24, 2.45) is 0 Å². The molecule has 3 heteroatoms. The number of hydrogen-bond donors (Lipinski definition) is 0. The summed E-state index contributed by atoms with van der Waals surface area (Å²) in [5, 5.41) is 0.987. The van der Waals surface area contributed by atoms with Gasteiger partial charge in [-0.15, -0.1) is 0 Å². The Bertz CT molecular complexity index is 433. The van der Waals surface area contributed by atoms with Crippen LogP contribution in [0.5, 0.6) is 0 Å². The minimum absolute atomic E-state index is 0.212. The summed E-state index contributed by atoms with van der Waals surface area (Å²) in [4.78, 5) is 0. The summed E-state index contributed by atoms with van der Waals surface area (Å²) in [6.45, 7) is 1.87. The molecule has 0 amide bonds. The zero-order valence-electron chi connectivity index (χ0n) is 6.40. The van der Waals surface area contributed by atoms with E-state index in [0.717, 1.165) is 10.9 Å². The third kappa shape index (κ3) is 1.03. The first-order valence-corrected chi connectivity index (χ1v) is 4.60. The number of hydrogen-bond acceptors (Lipinski definition) is 1. The lowest BCUT2D eigenvalue weighted by Gasteiger charge is -1.98. The maximum absolute atomic E-state index is 13.1. The summed E-state index contributed by atoms with van der Waals surface area (Å²) >= 11 is 1.95. The number of halogens is 2. The third-order valence-electron chi connectivity index (χ3n) is 1.84. The van der Waals surface area contributed by atoms with Crippen LogP contribution < -0.4 is 0 Å². The molecular weight excluding hydrogens is 270 g/mol. The van der Waals surface area contributed by atoms with Gasteiger partial charge < -0.3 is 4.42 Å². The van der Waals surface area contributed by atoms with E-state index in [2.05, 4.69) is 0 Å². The van der Waals surface area contributed by atoms with Gasteiger partial charge in [0.05, 0.1) is 9.83 Å². The van der Waals surface area contributed by atoms with Crippen molar-refractivity contribution in [1.29, 1.82) is 0 Å². The number of furan rings is 1. The molecule has 0 spiro atoms. The Morgan fingerprint density at radius 3 is 3.00 bits per heavy atom. The molecule has 0 aliphatic carbocycles. The van der Waals surface area contributed by atoms with Gasteiger partial charge in [0.15, 0.2) is 0 Å². The Morgan fingerprint density at radius 2 is 2.25 bits per heavy atom. The second kappa shape index (κ2) is 2.73. The molecule has 0 unspecified atom stereocenters. The molecule has 1 aromatic heterocycles. The lowest BCUT2D eigenvalue weighted by atomic mass is 10.1. The molecule has 2 rings (SSSR count). The van der Waals surface area contributed by atoms with E-state index in [4.69, 9.17) is 4.42 Å². The van der Waals surface area contributed by atoms with Crippen LogP contribution in [0.4, 0.5) is 4.39 Å². The molecule has 0 N–H and O–H groups in total. The van der Waals surface area contributed by atoms with Crippen LogP contribution in [-0.4, -0.2) is 0 Å². The Morgan fingerprint density at radius 1 is 1.50 bits per heavy atom. The zero-order valence-corrected chi connectivity index (χ0v) is 8.55. The summed E-state index contributed by atoms with van der Waals surface area (Å²) in [7, 11) is 0. The molecule has 62 valence electrons. The van der Waals surface area contributed by atoms with E-state index < -0.39 is 0 Å². The predicted octanol–water partition coefficient (Wildman–Crippen LogP) is 3.48. The van der Waals surface area contributed by atoms with Crippen molar-refractivity contribution in [1.82, 2.24) is 0 Å². The van der Waals surface area contributed by atoms with Gasteiger partial charge in [0.2, 0.25) is 0 Å². The van der Waals surface area contributed by atoms with Gasteiger partial charge in [-0.1, -0.05) is 0 Å². The molecular formula is C9H6FIO. The summed E-state index contributed by atoms with van der Waals surface area (Å²) in [5.74, 6) is -0.212. The maximum Gasteiger partial charge on any atom is 0.150 e. The number of benzene rings is 1. The van der Waals surface area contributed by atoms with Crippen LogP contribution in [0.1, 0.15) is 5.56 Å². The Kier molecular flexibility index (Phi) is 1.83. The summed E-state index contributed by atoms with van der Waals surface area (Å²) in [6.07, 6.45) is 1.58. The lowest BCUT2D eigenvalue weighted by molar-refractivity contribution is 0.591. The summed E-state index contributed by atoms with van der Waals surface area (Å²) in [6, 6.07) is 3.38. The second-order valence-corrected chi connectivity index (χ2v) is 3.73. The van der Waals surface area contributed by atoms with Gasteiger partial charge in [0.1, 0.15) is 11.4 Å². The van der Waals surface area contributed by atoms with Crippen LogP contribution in [0.2, 0.25) is 0 Å². The summed E-state index contributed by atoms with van der Waals surface area (Å²) in [5.41, 5.74) is 1.56. The normalized spacial score (nSPS) is 10.9. The Balaban J connectivity index is 2.97. The Hall–Kier alpha value is -0.580. The van der Waals surface area contributed by atoms with Crippen molar-refractivity contribution in [3.8, 4) is 0 Å². The van der Waals surface area contributed by atoms with Gasteiger partial charge >= 0.3 is 0 Å². The van der Waals surface area contributed by atoms with Crippen LogP contribution in [-0.2, 0) is 0 Å². The van der Waals surface area contributed by atoms with E-state index in [1.165, 1.54) is 6.07 Å². The van der Waals surface area contributed by atoms with E-state index in [-0.39, 0.29) is 5.82 Å². The molecule has 0 saturated heterocycles. The fourth-order valence-electron chi connectivity index (χ4n) is 1.23. The van der Waals surface area contributed by atoms with Crippen molar-refractivity contribution < 1.29 is 8.81 Å². The molecule has 1 nitrogen and oxygen atoms in total. The number of rotatable bonds is 0. The number of fused-ring (bicyclic) bond motifs is 1. The standard InChI is InChI=1S/C9H6FIO/c1-5-4-7(10)8(11)9-6(5)2-3-12-9/h2-4H,1H3. The molecule has 0 aliphatic heterocycles. The smallest absolute Gasteiger partial charge is 0.150 e. The molecule has 1 aromatic carbocycles. The largest absolute Gasteiger partial charge is 0.463 e. The van der Waals surface area contributed by atoms with Gasteiger partial charge in [-0.25, -0.2) is 4.39 Å². The topological polar surface area (TPSA) is 13.1 Å². The highest BCUT2D eigenvalue weighted by Gasteiger charge is 2.09. The van der Waals surface area contributed by atoms with Crippen LogP contribution in [0.15, 0.2) is 22.8 Å². The van der Waals surface area contributed by atoms with Crippen LogP contribution in [0.25, 0.3) is 11.0 Å². The van der Waals surface area contributed by atoms with Gasteiger partial charge in [-0.3, -0.25) is 0 Å². The van der Waals surface area contributed by atoms with Crippen molar-refractivity contribution in [3.63, 3.8) is 0 Å². The molecule has 0 atom stereocenters. The number of aryl methyl sites for hydroxylation is 1. The molecule has 12 heavy (non-hydrogen) atoms. The third-order valence-corrected chi connectivity index (χ3v) is 2.85. The van der Waals surface area contributed by atoms with E-state index >= 15 is 0 Å². The molecule has 0 radical (unpaired) electrons. The average molecular weight is 276 g/mol. The van der Waals surface area contributed by atoms with E-state index in [9.17, 15) is 4.39 Å². The SMILES string of the molecule is Cc1cc(F)c(I)c2occc12. The molecule has 0 fully saturated rings. The molecule has 1 heterocycles. The van der Waals surface area contributed by atoms with E-state index in [1.54, 1.807) is 6.26 Å². The first-order valence-electron chi connectivity index (χ1n) is 3.52. The minimum atomic E-state index is -0.212. The minimum Gasteiger partial charge on any atom is -0.463 e. The van der Waals surface area contributed by atoms with Crippen molar-refractivity contribution in [2.45, 2.75) is 6.92 Å². The Labute approximate surface area is 82.7 Å². The summed E-state index contributed by atoms with van der Waals surface area (Å²) < 4.78 is 18.8. The van der Waals surface area contributed by atoms with Crippen molar-refractivity contribution >= 4 is 33.6 Å². The molecule has 0 aliphatic rings. The first kappa shape index (κ1) is 8.04. The van der Waals surface area contributed by atoms with E-state index in [0.29, 0.717) is 9.15 Å². The maximum atomic E-state index is 13.1.